The van der Waals surface area contributed by atoms with E-state index in [-0.39, 0.29) is 6.61 Å². The Morgan fingerprint density at radius 1 is 0.933 bits per heavy atom. The molecule has 2 saturated carbocycles. The number of ether oxygens (including phenoxy) is 5. The number of epoxide rings is 1. The third-order valence-corrected chi connectivity index (χ3v) is 10.5. The van der Waals surface area contributed by atoms with Gasteiger partial charge in [-0.3, -0.25) is 14.4 Å². The minimum atomic E-state index is -1.25. The Kier molecular flexibility index (Phi) is 8.78. The predicted octanol–water partition coefficient (Wildman–Crippen LogP) is 4.33. The van der Waals surface area contributed by atoms with Crippen molar-refractivity contribution in [2.24, 2.45) is 22.7 Å². The zero-order valence-electron chi connectivity index (χ0n) is 27.0. The van der Waals surface area contributed by atoms with E-state index >= 15 is 0 Å². The summed E-state index contributed by atoms with van der Waals surface area (Å²) in [6.07, 6.45) is -0.391. The highest BCUT2D eigenvalue weighted by molar-refractivity contribution is 5.87. The van der Waals surface area contributed by atoms with Crippen LogP contribution in [0.2, 0.25) is 0 Å². The molecule has 5 rings (SSSR count). The summed E-state index contributed by atoms with van der Waals surface area (Å²) in [5, 5.41) is 12.4. The number of carbonyl (C=O) groups excluding carboxylic acids is 4. The van der Waals surface area contributed by atoms with Gasteiger partial charge >= 0.3 is 23.9 Å². The Bertz CT molecular complexity index is 1410. The lowest BCUT2D eigenvalue weighted by Gasteiger charge is -2.60. The number of benzene rings is 1. The standard InChI is InChI=1S/C35H44O10/c1-19-25(42-20(2)36)17-24-29(43-21(3)37)31-34(7,32(40)30(44-22(4)38)28(19)33(24,5)6)16-15-26(35(31)18-41-35)45-27(39)14-13-23-11-9-8-10-12-23/h8-14,24-26,29-32,40H,15-18H2,1-7H3/b14-13+/t24-,25?,26?,29?,30?,31-,32?,34+,35-/m0/s1. The lowest BCUT2D eigenvalue weighted by atomic mass is 9.48. The van der Waals surface area contributed by atoms with Gasteiger partial charge in [-0.2, -0.15) is 0 Å². The molecule has 1 aromatic rings. The molecule has 0 radical (unpaired) electrons. The Morgan fingerprint density at radius 2 is 1.56 bits per heavy atom. The maximum Gasteiger partial charge on any atom is 0.331 e. The van der Waals surface area contributed by atoms with E-state index in [0.29, 0.717) is 30.4 Å². The van der Waals surface area contributed by atoms with Crippen LogP contribution >= 0.6 is 0 Å². The molecule has 1 N–H and O–H groups in total. The Hall–Kier alpha value is -3.50. The third kappa shape index (κ3) is 5.94. The van der Waals surface area contributed by atoms with Crippen LogP contribution in [0, 0.1) is 22.7 Å². The molecule has 1 aromatic carbocycles. The summed E-state index contributed by atoms with van der Waals surface area (Å²) in [4.78, 5) is 50.7. The fourth-order valence-corrected chi connectivity index (χ4v) is 8.54. The van der Waals surface area contributed by atoms with Crippen LogP contribution in [0.3, 0.4) is 0 Å². The molecular weight excluding hydrogens is 580 g/mol. The monoisotopic (exact) mass is 624 g/mol. The molecule has 0 amide bonds. The van der Waals surface area contributed by atoms with Gasteiger partial charge < -0.3 is 28.8 Å². The molecule has 1 aliphatic heterocycles. The van der Waals surface area contributed by atoms with Crippen LogP contribution in [-0.2, 0) is 42.9 Å². The normalized spacial score (nSPS) is 36.8. The van der Waals surface area contributed by atoms with Crippen molar-refractivity contribution in [1.82, 2.24) is 0 Å². The molecule has 0 aromatic heterocycles. The quantitative estimate of drug-likeness (QED) is 0.160. The van der Waals surface area contributed by atoms with Gasteiger partial charge in [0.05, 0.1) is 6.61 Å². The van der Waals surface area contributed by atoms with Gasteiger partial charge in [-0.25, -0.2) is 4.79 Å². The first kappa shape index (κ1) is 32.9. The second-order valence-corrected chi connectivity index (χ2v) is 13.7. The average molecular weight is 625 g/mol. The summed E-state index contributed by atoms with van der Waals surface area (Å²) in [5.74, 6) is -3.19. The van der Waals surface area contributed by atoms with Crippen LogP contribution < -0.4 is 0 Å². The van der Waals surface area contributed by atoms with Crippen molar-refractivity contribution in [3.63, 3.8) is 0 Å². The lowest BCUT2D eigenvalue weighted by molar-refractivity contribution is -0.222. The molecule has 2 bridgehead atoms. The molecular formula is C35H44O10. The molecule has 5 unspecified atom stereocenters. The topological polar surface area (TPSA) is 138 Å². The fourth-order valence-electron chi connectivity index (χ4n) is 8.54. The summed E-state index contributed by atoms with van der Waals surface area (Å²) >= 11 is 0. The first-order valence-electron chi connectivity index (χ1n) is 15.6. The highest BCUT2D eigenvalue weighted by atomic mass is 16.6. The first-order chi connectivity index (χ1) is 21.1. The summed E-state index contributed by atoms with van der Waals surface area (Å²) in [6.45, 7) is 11.9. The summed E-state index contributed by atoms with van der Waals surface area (Å²) in [6, 6.07) is 9.39. The van der Waals surface area contributed by atoms with E-state index in [0.717, 1.165) is 5.56 Å². The highest BCUT2D eigenvalue weighted by Gasteiger charge is 2.74. The second-order valence-electron chi connectivity index (χ2n) is 13.7. The zero-order valence-corrected chi connectivity index (χ0v) is 27.0. The van der Waals surface area contributed by atoms with Crippen LogP contribution in [0.4, 0.5) is 0 Å². The molecule has 1 saturated heterocycles. The molecule has 3 fully saturated rings. The van der Waals surface area contributed by atoms with E-state index in [1.165, 1.54) is 26.8 Å². The van der Waals surface area contributed by atoms with E-state index in [2.05, 4.69) is 0 Å². The molecule has 10 heteroatoms. The largest absolute Gasteiger partial charge is 0.462 e. The van der Waals surface area contributed by atoms with Crippen LogP contribution in [0.5, 0.6) is 0 Å². The zero-order chi connectivity index (χ0) is 32.9. The van der Waals surface area contributed by atoms with Crippen molar-refractivity contribution in [2.45, 2.75) is 104 Å². The molecule has 10 nitrogen and oxygen atoms in total. The number of hydrogen-bond donors (Lipinski definition) is 1. The lowest BCUT2D eigenvalue weighted by Crippen LogP contribution is -2.68. The summed E-state index contributed by atoms with van der Waals surface area (Å²) in [5.41, 5.74) is -0.638. The predicted molar refractivity (Wildman–Crippen MR) is 162 cm³/mol. The number of rotatable bonds is 6. The van der Waals surface area contributed by atoms with Crippen molar-refractivity contribution in [1.29, 1.82) is 0 Å². The third-order valence-electron chi connectivity index (χ3n) is 10.5. The van der Waals surface area contributed by atoms with E-state index in [1.54, 1.807) is 6.08 Å². The molecule has 244 valence electrons. The molecule has 1 heterocycles. The molecule has 4 aliphatic rings. The molecule has 45 heavy (non-hydrogen) atoms. The van der Waals surface area contributed by atoms with Gasteiger partial charge in [0.25, 0.3) is 0 Å². The van der Waals surface area contributed by atoms with Gasteiger partial charge in [-0.15, -0.1) is 0 Å². The number of carbonyl (C=O) groups is 4. The SMILES string of the molecule is CC(=O)OC1C[C@H]2C(OC(C)=O)[C@H]3[C@@](C)(CCC(OC(=O)/C=C/c4ccccc4)[C@@]34CO4)C(O)C(OC(C)=O)C(=C1C)C2(C)C. The van der Waals surface area contributed by atoms with E-state index in [4.69, 9.17) is 23.7 Å². The van der Waals surface area contributed by atoms with Gasteiger partial charge in [0.2, 0.25) is 0 Å². The molecule has 3 aliphatic carbocycles. The summed E-state index contributed by atoms with van der Waals surface area (Å²) < 4.78 is 30.2. The van der Waals surface area contributed by atoms with Crippen LogP contribution in [0.25, 0.3) is 6.08 Å². The van der Waals surface area contributed by atoms with Crippen LogP contribution in [0.1, 0.15) is 73.3 Å². The van der Waals surface area contributed by atoms with Crippen LogP contribution in [0.15, 0.2) is 47.6 Å². The first-order valence-corrected chi connectivity index (χ1v) is 15.6. The van der Waals surface area contributed by atoms with Crippen molar-refractivity contribution >= 4 is 30.0 Å². The van der Waals surface area contributed by atoms with Gasteiger partial charge in [0, 0.05) is 44.1 Å². The van der Waals surface area contributed by atoms with Gasteiger partial charge in [0.15, 0.2) is 6.10 Å². The Balaban J connectivity index is 1.62. The average Bonchev–Trinajstić information content (AvgIpc) is 3.74. The molecule has 1 spiro atoms. The van der Waals surface area contributed by atoms with Crippen molar-refractivity contribution in [3.8, 4) is 0 Å². The smallest absolute Gasteiger partial charge is 0.331 e. The van der Waals surface area contributed by atoms with Gasteiger partial charge in [-0.05, 0) is 54.4 Å². The van der Waals surface area contributed by atoms with Gasteiger partial charge in [0.1, 0.15) is 30.0 Å². The maximum absolute atomic E-state index is 13.1. The van der Waals surface area contributed by atoms with E-state index in [1.807, 2.05) is 58.0 Å². The fraction of sp³-hybridized carbons (Fsp3) is 0.600. The van der Waals surface area contributed by atoms with Crippen molar-refractivity contribution in [3.05, 3.63) is 53.1 Å². The highest BCUT2D eigenvalue weighted by Crippen LogP contribution is 2.65. The van der Waals surface area contributed by atoms with E-state index in [9.17, 15) is 24.3 Å². The van der Waals surface area contributed by atoms with Crippen LogP contribution in [-0.4, -0.2) is 71.7 Å². The number of esters is 4. The minimum Gasteiger partial charge on any atom is -0.462 e. The summed E-state index contributed by atoms with van der Waals surface area (Å²) in [7, 11) is 0. The Morgan fingerprint density at radius 3 is 2.13 bits per heavy atom. The van der Waals surface area contributed by atoms with E-state index < -0.39 is 82.7 Å². The van der Waals surface area contributed by atoms with Crippen molar-refractivity contribution in [2.75, 3.05) is 6.61 Å². The Labute approximate surface area is 264 Å². The number of aliphatic hydroxyl groups is 1. The maximum atomic E-state index is 13.1. The van der Waals surface area contributed by atoms with Crippen molar-refractivity contribution < 1.29 is 48.0 Å². The number of aliphatic hydroxyl groups excluding tert-OH is 1. The number of hydrogen-bond acceptors (Lipinski definition) is 10. The second kappa shape index (κ2) is 12.0. The van der Waals surface area contributed by atoms with Gasteiger partial charge in [-0.1, -0.05) is 51.1 Å². The minimum absolute atomic E-state index is 0.221. The molecule has 9 atom stereocenters. The number of fused-ring (bicyclic) bond motifs is 4.